The van der Waals surface area contributed by atoms with Crippen molar-refractivity contribution in [3.8, 4) is 0 Å². The molecule has 18 heavy (non-hydrogen) atoms. The zero-order chi connectivity index (χ0) is 13.7. The van der Waals surface area contributed by atoms with Crippen LogP contribution in [0, 0.1) is 0 Å². The number of allylic oxidation sites excluding steroid dienone is 11. The lowest BCUT2D eigenvalue weighted by Gasteiger charge is -2.12. The van der Waals surface area contributed by atoms with E-state index in [1.54, 1.807) is 0 Å². The van der Waals surface area contributed by atoms with Crippen molar-refractivity contribution < 1.29 is 0 Å². The molecule has 0 radical (unpaired) electrons. The first-order chi connectivity index (χ1) is 8.54. The highest BCUT2D eigenvalue weighted by Crippen LogP contribution is 2.29. The Labute approximate surface area is 110 Å². The quantitative estimate of drug-likeness (QED) is 0.629. The molecule has 1 rings (SSSR count). The Morgan fingerprint density at radius 2 is 1.56 bits per heavy atom. The SMILES string of the molecule is C=C/C1=C(\C=C)C(=C)C/C(C=C)=C(C)\C=C/C1=C. The van der Waals surface area contributed by atoms with Gasteiger partial charge in [0.05, 0.1) is 0 Å². The van der Waals surface area contributed by atoms with Crippen LogP contribution in [0.1, 0.15) is 13.3 Å². The standard InChI is InChI=1S/C18H20/c1-7-16-12-15(6)18(9-3)17(8-2)14(5)11-10-13(16)4/h7-11H,1-3,5-6,12H2,4H3/b11-10-,16-13-,18-17-. The number of rotatable bonds is 3. The first-order valence-corrected chi connectivity index (χ1v) is 5.92. The zero-order valence-electron chi connectivity index (χ0n) is 11.1. The summed E-state index contributed by atoms with van der Waals surface area (Å²) in [5.41, 5.74) is 6.29. The van der Waals surface area contributed by atoms with E-state index in [1.807, 2.05) is 24.3 Å². The summed E-state index contributed by atoms with van der Waals surface area (Å²) in [5, 5.41) is 0. The van der Waals surface area contributed by atoms with Crippen LogP contribution >= 0.6 is 0 Å². The molecule has 0 bridgehead atoms. The summed E-state index contributed by atoms with van der Waals surface area (Å²) < 4.78 is 0. The third-order valence-corrected chi connectivity index (χ3v) is 3.12. The van der Waals surface area contributed by atoms with Gasteiger partial charge in [0, 0.05) is 0 Å². The van der Waals surface area contributed by atoms with Crippen molar-refractivity contribution in [2.75, 3.05) is 0 Å². The van der Waals surface area contributed by atoms with E-state index >= 15 is 0 Å². The average molecular weight is 236 g/mol. The lowest BCUT2D eigenvalue weighted by Crippen LogP contribution is -1.93. The molecule has 0 N–H and O–H groups in total. The summed E-state index contributed by atoms with van der Waals surface area (Å²) in [7, 11) is 0. The Balaban J connectivity index is 3.47. The minimum atomic E-state index is 0.769. The molecule has 0 amide bonds. The molecule has 0 aromatic carbocycles. The molecule has 0 heterocycles. The van der Waals surface area contributed by atoms with Gasteiger partial charge in [0.15, 0.2) is 0 Å². The van der Waals surface area contributed by atoms with Crippen molar-refractivity contribution in [1.82, 2.24) is 0 Å². The summed E-state index contributed by atoms with van der Waals surface area (Å²) in [6, 6.07) is 0. The molecule has 1 aliphatic rings. The summed E-state index contributed by atoms with van der Waals surface area (Å²) >= 11 is 0. The monoisotopic (exact) mass is 236 g/mol. The minimum Gasteiger partial charge on any atom is -0.0988 e. The van der Waals surface area contributed by atoms with E-state index in [4.69, 9.17) is 0 Å². The van der Waals surface area contributed by atoms with Gasteiger partial charge in [-0.25, -0.2) is 0 Å². The van der Waals surface area contributed by atoms with Gasteiger partial charge in [-0.1, -0.05) is 63.3 Å². The fourth-order valence-electron chi connectivity index (χ4n) is 1.98. The molecule has 0 aromatic rings. The normalized spacial score (nSPS) is 26.9. The van der Waals surface area contributed by atoms with E-state index in [-0.39, 0.29) is 0 Å². The van der Waals surface area contributed by atoms with E-state index in [1.165, 1.54) is 11.1 Å². The molecule has 0 fully saturated rings. The van der Waals surface area contributed by atoms with Gasteiger partial charge in [0.1, 0.15) is 0 Å². The van der Waals surface area contributed by atoms with Crippen LogP contribution in [0.4, 0.5) is 0 Å². The van der Waals surface area contributed by atoms with Crippen LogP contribution in [0.15, 0.2) is 96.7 Å². The van der Waals surface area contributed by atoms with Crippen LogP contribution in [0.2, 0.25) is 0 Å². The van der Waals surface area contributed by atoms with E-state index in [0.717, 1.165) is 28.7 Å². The number of hydrogen-bond donors (Lipinski definition) is 0. The first kappa shape index (κ1) is 14.0. The molecule has 0 saturated heterocycles. The average Bonchev–Trinajstić information content (AvgIpc) is 2.41. The lowest BCUT2D eigenvalue weighted by molar-refractivity contribution is 1.16. The van der Waals surface area contributed by atoms with Crippen molar-refractivity contribution in [1.29, 1.82) is 0 Å². The fraction of sp³-hybridized carbons (Fsp3) is 0.111. The van der Waals surface area contributed by atoms with Crippen LogP contribution in [-0.4, -0.2) is 0 Å². The maximum Gasteiger partial charge on any atom is -0.00231 e. The molecular weight excluding hydrogens is 216 g/mol. The molecule has 92 valence electrons. The summed E-state index contributed by atoms with van der Waals surface area (Å²) in [6.45, 7) is 21.9. The topological polar surface area (TPSA) is 0 Å². The van der Waals surface area contributed by atoms with Crippen LogP contribution in [0.5, 0.6) is 0 Å². The molecule has 0 spiro atoms. The Hall–Kier alpha value is -2.08. The second kappa shape index (κ2) is 6.02. The third-order valence-electron chi connectivity index (χ3n) is 3.12. The molecule has 0 aromatic heterocycles. The van der Waals surface area contributed by atoms with Gasteiger partial charge < -0.3 is 0 Å². The molecule has 0 nitrogen and oxygen atoms in total. The van der Waals surface area contributed by atoms with Crippen molar-refractivity contribution in [3.63, 3.8) is 0 Å². The summed E-state index contributed by atoms with van der Waals surface area (Å²) in [5.74, 6) is 0. The maximum absolute atomic E-state index is 4.15. The largest absolute Gasteiger partial charge is 0.0988 e. The Morgan fingerprint density at radius 3 is 2.06 bits per heavy atom. The number of hydrogen-bond acceptors (Lipinski definition) is 0. The predicted octanol–water partition coefficient (Wildman–Crippen LogP) is 5.23. The van der Waals surface area contributed by atoms with Gasteiger partial charge in [0.25, 0.3) is 0 Å². The van der Waals surface area contributed by atoms with E-state index in [0.29, 0.717) is 0 Å². The van der Waals surface area contributed by atoms with E-state index < -0.39 is 0 Å². The van der Waals surface area contributed by atoms with Gasteiger partial charge in [-0.15, -0.1) is 0 Å². The molecule has 0 atom stereocenters. The lowest BCUT2D eigenvalue weighted by atomic mass is 9.92. The van der Waals surface area contributed by atoms with Crippen molar-refractivity contribution in [2.45, 2.75) is 13.3 Å². The van der Waals surface area contributed by atoms with Crippen molar-refractivity contribution in [3.05, 3.63) is 96.7 Å². The summed E-state index contributed by atoms with van der Waals surface area (Å²) in [6.07, 6.45) is 10.3. The Kier molecular flexibility index (Phi) is 4.67. The van der Waals surface area contributed by atoms with Gasteiger partial charge >= 0.3 is 0 Å². The summed E-state index contributed by atoms with van der Waals surface area (Å²) in [4.78, 5) is 0. The van der Waals surface area contributed by atoms with Crippen LogP contribution in [0.3, 0.4) is 0 Å². The van der Waals surface area contributed by atoms with Gasteiger partial charge in [-0.3, -0.25) is 0 Å². The molecule has 0 saturated carbocycles. The van der Waals surface area contributed by atoms with E-state index in [9.17, 15) is 0 Å². The maximum atomic E-state index is 4.15. The fourth-order valence-corrected chi connectivity index (χ4v) is 1.98. The highest BCUT2D eigenvalue weighted by molar-refractivity contribution is 5.59. The van der Waals surface area contributed by atoms with E-state index in [2.05, 4.69) is 45.9 Å². The van der Waals surface area contributed by atoms with Gasteiger partial charge in [0.2, 0.25) is 0 Å². The second-order valence-electron chi connectivity index (χ2n) is 4.29. The van der Waals surface area contributed by atoms with Crippen molar-refractivity contribution in [2.24, 2.45) is 0 Å². The predicted molar refractivity (Wildman–Crippen MR) is 82.4 cm³/mol. The Bertz CT molecular complexity index is 516. The van der Waals surface area contributed by atoms with Crippen LogP contribution < -0.4 is 0 Å². The smallest absolute Gasteiger partial charge is 0.00231 e. The molecule has 0 unspecified atom stereocenters. The van der Waals surface area contributed by atoms with Crippen molar-refractivity contribution >= 4 is 0 Å². The van der Waals surface area contributed by atoms with Gasteiger partial charge in [-0.05, 0) is 46.8 Å². The highest BCUT2D eigenvalue weighted by atomic mass is 14.1. The third kappa shape index (κ3) is 2.78. The molecule has 1 aliphatic carbocycles. The van der Waals surface area contributed by atoms with Gasteiger partial charge in [-0.2, -0.15) is 0 Å². The molecule has 0 aliphatic heterocycles. The van der Waals surface area contributed by atoms with Crippen LogP contribution in [0.25, 0.3) is 0 Å². The zero-order valence-corrected chi connectivity index (χ0v) is 11.1. The second-order valence-corrected chi connectivity index (χ2v) is 4.29. The first-order valence-electron chi connectivity index (χ1n) is 5.92. The highest BCUT2D eigenvalue weighted by Gasteiger charge is 2.10. The Morgan fingerprint density at radius 1 is 0.944 bits per heavy atom. The molecule has 0 heteroatoms. The molecular formula is C18H20. The van der Waals surface area contributed by atoms with Crippen LogP contribution in [-0.2, 0) is 0 Å². The minimum absolute atomic E-state index is 0.769.